The summed E-state index contributed by atoms with van der Waals surface area (Å²) in [5.74, 6) is 0. The first-order valence-electron chi connectivity index (χ1n) is 3.30. The minimum absolute atomic E-state index is 0.404. The number of nitrogens with one attached hydrogen (secondary N) is 1. The Labute approximate surface area is 76.3 Å². The van der Waals surface area contributed by atoms with E-state index in [4.69, 9.17) is 23.2 Å². The monoisotopic (exact) mass is 189 g/mol. The van der Waals surface area contributed by atoms with Crippen LogP contribution in [0.2, 0.25) is 5.02 Å². The van der Waals surface area contributed by atoms with Gasteiger partial charge in [-0.05, 0) is 24.6 Å². The zero-order valence-corrected chi connectivity index (χ0v) is 7.71. The molecule has 0 saturated carbocycles. The van der Waals surface area contributed by atoms with E-state index in [0.717, 1.165) is 16.3 Å². The Balaban J connectivity index is 2.96. The zero-order chi connectivity index (χ0) is 8.27. The van der Waals surface area contributed by atoms with Crippen molar-refractivity contribution in [2.45, 2.75) is 6.92 Å². The van der Waals surface area contributed by atoms with Crippen LogP contribution in [0.1, 0.15) is 5.56 Å². The first kappa shape index (κ1) is 8.69. The maximum absolute atomic E-state index is 5.87. The second-order valence-electron chi connectivity index (χ2n) is 2.22. The van der Waals surface area contributed by atoms with E-state index in [1.807, 2.05) is 25.1 Å². The Kier molecular flexibility index (Phi) is 3.03. The summed E-state index contributed by atoms with van der Waals surface area (Å²) in [7, 11) is 0. The molecule has 1 rings (SSSR count). The van der Waals surface area contributed by atoms with E-state index in [1.165, 1.54) is 0 Å². The van der Waals surface area contributed by atoms with E-state index >= 15 is 0 Å². The Hall–Kier alpha value is -0.400. The first-order chi connectivity index (χ1) is 5.25. The quantitative estimate of drug-likeness (QED) is 0.557. The number of rotatable bonds is 2. The Morgan fingerprint density at radius 2 is 2.18 bits per heavy atom. The summed E-state index contributed by atoms with van der Waals surface area (Å²) in [6.45, 7) is 1.96. The molecule has 0 amide bonds. The fraction of sp³-hybridized carbons (Fsp3) is 0.250. The number of anilines is 1. The molecule has 0 fully saturated rings. The Morgan fingerprint density at radius 3 is 2.82 bits per heavy atom. The highest BCUT2D eigenvalue weighted by Crippen LogP contribution is 2.22. The van der Waals surface area contributed by atoms with Gasteiger partial charge >= 0.3 is 0 Å². The van der Waals surface area contributed by atoms with Gasteiger partial charge in [0.1, 0.15) is 0 Å². The van der Waals surface area contributed by atoms with Crippen molar-refractivity contribution in [2.75, 3.05) is 11.3 Å². The largest absolute Gasteiger partial charge is 0.371 e. The van der Waals surface area contributed by atoms with Crippen molar-refractivity contribution >= 4 is 28.9 Å². The molecule has 60 valence electrons. The van der Waals surface area contributed by atoms with Crippen molar-refractivity contribution in [3.8, 4) is 0 Å². The van der Waals surface area contributed by atoms with Gasteiger partial charge in [-0.3, -0.25) is 0 Å². The van der Waals surface area contributed by atoms with Crippen LogP contribution in [-0.4, -0.2) is 6.00 Å². The predicted octanol–water partition coefficient (Wildman–Crippen LogP) is 3.26. The number of hydrogen-bond acceptors (Lipinski definition) is 1. The maximum atomic E-state index is 5.87. The molecule has 0 aromatic heterocycles. The van der Waals surface area contributed by atoms with Crippen LogP contribution >= 0.6 is 23.2 Å². The van der Waals surface area contributed by atoms with Gasteiger partial charge in [0.25, 0.3) is 0 Å². The Morgan fingerprint density at radius 1 is 1.45 bits per heavy atom. The van der Waals surface area contributed by atoms with E-state index in [-0.39, 0.29) is 0 Å². The number of halogens is 2. The summed E-state index contributed by atoms with van der Waals surface area (Å²) in [4.78, 5) is 0. The molecule has 1 N–H and O–H groups in total. The normalized spacial score (nSPS) is 9.73. The summed E-state index contributed by atoms with van der Waals surface area (Å²) in [6.07, 6.45) is 0. The van der Waals surface area contributed by atoms with Gasteiger partial charge < -0.3 is 5.32 Å². The van der Waals surface area contributed by atoms with Crippen molar-refractivity contribution in [3.05, 3.63) is 28.8 Å². The van der Waals surface area contributed by atoms with E-state index in [2.05, 4.69) is 5.32 Å². The summed E-state index contributed by atoms with van der Waals surface area (Å²) < 4.78 is 0. The van der Waals surface area contributed by atoms with Gasteiger partial charge in [0.05, 0.1) is 6.00 Å². The van der Waals surface area contributed by atoms with Gasteiger partial charge in [-0.1, -0.05) is 17.7 Å². The number of alkyl halides is 1. The molecule has 0 aliphatic heterocycles. The van der Waals surface area contributed by atoms with E-state index < -0.39 is 0 Å². The lowest BCUT2D eigenvalue weighted by Crippen LogP contribution is -1.96. The van der Waals surface area contributed by atoms with Crippen LogP contribution < -0.4 is 5.32 Å². The van der Waals surface area contributed by atoms with E-state index in [9.17, 15) is 0 Å². The summed E-state index contributed by atoms with van der Waals surface area (Å²) in [5.41, 5.74) is 2.03. The van der Waals surface area contributed by atoms with Crippen LogP contribution in [0.3, 0.4) is 0 Å². The number of hydrogen-bond donors (Lipinski definition) is 1. The molecule has 1 aromatic carbocycles. The predicted molar refractivity (Wildman–Crippen MR) is 50.5 cm³/mol. The van der Waals surface area contributed by atoms with Crippen LogP contribution in [0, 0.1) is 6.92 Å². The molecule has 0 saturated heterocycles. The van der Waals surface area contributed by atoms with Gasteiger partial charge in [-0.15, -0.1) is 11.6 Å². The lowest BCUT2D eigenvalue weighted by molar-refractivity contribution is 1.38. The fourth-order valence-electron chi connectivity index (χ4n) is 0.871. The van der Waals surface area contributed by atoms with E-state index in [1.54, 1.807) is 0 Å². The minimum atomic E-state index is 0.404. The smallest absolute Gasteiger partial charge is 0.0901 e. The lowest BCUT2D eigenvalue weighted by Gasteiger charge is -2.06. The van der Waals surface area contributed by atoms with Crippen LogP contribution in [0.4, 0.5) is 5.69 Å². The molecule has 0 atom stereocenters. The third-order valence-corrected chi connectivity index (χ3v) is 2.07. The van der Waals surface area contributed by atoms with Crippen LogP contribution in [-0.2, 0) is 0 Å². The molecule has 0 aliphatic rings. The summed E-state index contributed by atoms with van der Waals surface area (Å²) in [6, 6.07) is 6.10. The summed E-state index contributed by atoms with van der Waals surface area (Å²) in [5, 5.41) is 3.76. The molecule has 0 unspecified atom stereocenters. The molecule has 0 spiro atoms. The van der Waals surface area contributed by atoms with Gasteiger partial charge in [-0.2, -0.15) is 0 Å². The second-order valence-corrected chi connectivity index (χ2v) is 2.90. The molecular weight excluding hydrogens is 181 g/mol. The molecule has 0 bridgehead atoms. The lowest BCUT2D eigenvalue weighted by atomic mass is 10.2. The second kappa shape index (κ2) is 3.84. The van der Waals surface area contributed by atoms with Crippen molar-refractivity contribution in [1.29, 1.82) is 0 Å². The molecule has 11 heavy (non-hydrogen) atoms. The van der Waals surface area contributed by atoms with E-state index in [0.29, 0.717) is 6.00 Å². The van der Waals surface area contributed by atoms with Gasteiger partial charge in [-0.25, -0.2) is 0 Å². The van der Waals surface area contributed by atoms with Gasteiger partial charge in [0.2, 0.25) is 0 Å². The highest BCUT2D eigenvalue weighted by atomic mass is 35.5. The highest BCUT2D eigenvalue weighted by molar-refractivity contribution is 6.31. The van der Waals surface area contributed by atoms with Gasteiger partial charge in [0, 0.05) is 10.7 Å². The third-order valence-electron chi connectivity index (χ3n) is 1.52. The third kappa shape index (κ3) is 2.01. The molecular formula is C8H9Cl2N. The van der Waals surface area contributed by atoms with Crippen molar-refractivity contribution < 1.29 is 0 Å². The average molecular weight is 190 g/mol. The van der Waals surface area contributed by atoms with Crippen LogP contribution in [0.15, 0.2) is 18.2 Å². The first-order valence-corrected chi connectivity index (χ1v) is 4.22. The highest BCUT2D eigenvalue weighted by Gasteiger charge is 1.98. The van der Waals surface area contributed by atoms with Crippen molar-refractivity contribution in [1.82, 2.24) is 0 Å². The molecule has 1 aromatic rings. The standard InChI is InChI=1S/C8H9Cl2N/c1-6-7(10)3-2-4-8(6)11-5-9/h2-4,11H,5H2,1H3. The minimum Gasteiger partial charge on any atom is -0.371 e. The van der Waals surface area contributed by atoms with Crippen LogP contribution in [0.25, 0.3) is 0 Å². The van der Waals surface area contributed by atoms with Crippen LogP contribution in [0.5, 0.6) is 0 Å². The van der Waals surface area contributed by atoms with Crippen molar-refractivity contribution in [2.24, 2.45) is 0 Å². The topological polar surface area (TPSA) is 12.0 Å². The van der Waals surface area contributed by atoms with Gasteiger partial charge in [0.15, 0.2) is 0 Å². The molecule has 0 heterocycles. The van der Waals surface area contributed by atoms with Crippen molar-refractivity contribution in [3.63, 3.8) is 0 Å². The Bertz CT molecular complexity index is 248. The zero-order valence-electron chi connectivity index (χ0n) is 6.20. The fourth-order valence-corrected chi connectivity index (χ4v) is 1.19. The summed E-state index contributed by atoms with van der Waals surface area (Å²) >= 11 is 11.4. The molecule has 0 aliphatic carbocycles. The molecule has 0 radical (unpaired) electrons. The molecule has 1 nitrogen and oxygen atoms in total. The SMILES string of the molecule is Cc1c(Cl)cccc1NCCl. The number of benzene rings is 1. The molecule has 3 heteroatoms. The average Bonchev–Trinajstić information content (AvgIpc) is 1.99. The maximum Gasteiger partial charge on any atom is 0.0901 e.